The molecule has 1 amide bonds. The van der Waals surface area contributed by atoms with Crippen molar-refractivity contribution in [1.82, 2.24) is 5.32 Å². The molecule has 17 heteroatoms. The first kappa shape index (κ1) is 63.5. The Labute approximate surface area is 473 Å². The Kier molecular flexibility index (Phi) is 21.4. The minimum absolute atomic E-state index is 0.0292. The van der Waals surface area contributed by atoms with Gasteiger partial charge in [-0.1, -0.05) is 109 Å². The van der Waals surface area contributed by atoms with Gasteiger partial charge in [0.15, 0.2) is 17.5 Å². The lowest BCUT2D eigenvalue weighted by molar-refractivity contribution is -0.346. The van der Waals surface area contributed by atoms with E-state index in [1.807, 2.05) is 13.8 Å². The quantitative estimate of drug-likeness (QED) is 0.0357. The van der Waals surface area contributed by atoms with Crippen LogP contribution in [0.5, 0.6) is 0 Å². The molecule has 11 atom stereocenters. The standard InChI is InChI=1S/C63H89NO16/c1-12-13-14-15-16-17-18-19-20-21-22-23-24-25-29-32-48(67)76-50(44(35-39(2)3)64-58(72)80-59(6,7)8)57(71)75-45-37-63(73)54(78-56(70)42-30-27-26-28-31-42)52-61(11,46(66)36-47-62(52,38-74-47)79-41(5)65)53(68)51(77-55(69)43-33-34-43)49(40(45)4)60(63,9)10/h14-15,17-18,20-21,26-28,30-31,39,43-47,50-52,54,66,73H,12-13,16,19,22-25,29,32-38H2,1-11H3,(H,64,72)/b15-14-,18-17-,21-20-/t44-,45-,46-,47+,50+,51+,52?,54-,61+,62-,63+/m0/s1. The smallest absolute Gasteiger partial charge is 0.408 e. The van der Waals surface area contributed by atoms with Crippen LogP contribution >= 0.6 is 0 Å². The Hall–Kier alpha value is -5.65. The summed E-state index contributed by atoms with van der Waals surface area (Å²) in [4.78, 5) is 101. The van der Waals surface area contributed by atoms with Gasteiger partial charge >= 0.3 is 35.9 Å². The lowest BCUT2D eigenvalue weighted by Crippen LogP contribution is -2.82. The first-order valence-electron chi connectivity index (χ1n) is 29.0. The second-order valence-electron chi connectivity index (χ2n) is 24.7. The molecule has 1 aromatic rings. The molecule has 4 aliphatic carbocycles. The number of allylic oxidation sites excluding steroid dienone is 6. The van der Waals surface area contributed by atoms with Crippen molar-refractivity contribution in [2.45, 2.75) is 232 Å². The summed E-state index contributed by atoms with van der Waals surface area (Å²) in [6.45, 7) is 18.0. The number of unbranched alkanes of at least 4 members (excludes halogenated alkanes) is 5. The van der Waals surface area contributed by atoms with Gasteiger partial charge in [-0.15, -0.1) is 0 Å². The van der Waals surface area contributed by atoms with E-state index in [0.29, 0.717) is 25.7 Å². The monoisotopic (exact) mass is 1120 g/mol. The Bertz CT molecular complexity index is 2500. The van der Waals surface area contributed by atoms with Gasteiger partial charge in [-0.2, -0.15) is 0 Å². The van der Waals surface area contributed by atoms with Crippen LogP contribution in [0.15, 0.2) is 77.9 Å². The summed E-state index contributed by atoms with van der Waals surface area (Å²) < 4.78 is 43.1. The fraction of sp³-hybridized carbons (Fsp3) is 0.667. The number of hydrogen-bond donors (Lipinski definition) is 3. The average Bonchev–Trinajstić information content (AvgIpc) is 4.32. The van der Waals surface area contributed by atoms with Crippen LogP contribution in [-0.4, -0.2) is 118 Å². The molecule has 1 aliphatic heterocycles. The number of esters is 5. The number of benzene rings is 1. The number of carbonyl (C=O) groups excluding carboxylic acids is 7. The Morgan fingerprint density at radius 2 is 1.51 bits per heavy atom. The van der Waals surface area contributed by atoms with E-state index < -0.39 is 130 Å². The number of ketones is 1. The Balaban J connectivity index is 1.37. The van der Waals surface area contributed by atoms with Crippen molar-refractivity contribution < 1.29 is 76.9 Å². The molecule has 3 saturated carbocycles. The molecular weight excluding hydrogens is 1030 g/mol. The van der Waals surface area contributed by atoms with Gasteiger partial charge in [0, 0.05) is 31.6 Å². The lowest BCUT2D eigenvalue weighted by atomic mass is 9.44. The van der Waals surface area contributed by atoms with Crippen molar-refractivity contribution in [2.75, 3.05) is 6.61 Å². The van der Waals surface area contributed by atoms with E-state index in [1.165, 1.54) is 26.0 Å². The normalized spacial score (nSPS) is 28.9. The van der Waals surface area contributed by atoms with Crippen LogP contribution in [0.2, 0.25) is 0 Å². The molecule has 1 heterocycles. The highest BCUT2D eigenvalue weighted by Crippen LogP contribution is 2.64. The molecule has 2 bridgehead atoms. The van der Waals surface area contributed by atoms with Crippen LogP contribution in [0.1, 0.15) is 183 Å². The second-order valence-corrected chi connectivity index (χ2v) is 24.7. The molecule has 80 heavy (non-hydrogen) atoms. The van der Waals surface area contributed by atoms with E-state index in [2.05, 4.69) is 48.7 Å². The van der Waals surface area contributed by atoms with Crippen molar-refractivity contribution in [1.29, 1.82) is 0 Å². The molecule has 0 aromatic heterocycles. The van der Waals surface area contributed by atoms with Crippen LogP contribution in [0.4, 0.5) is 4.79 Å². The van der Waals surface area contributed by atoms with Crippen molar-refractivity contribution in [3.8, 4) is 0 Å². The minimum Gasteiger partial charge on any atom is -0.455 e. The molecule has 442 valence electrons. The van der Waals surface area contributed by atoms with E-state index in [0.717, 1.165) is 44.9 Å². The summed E-state index contributed by atoms with van der Waals surface area (Å²) in [5.74, 6) is -7.34. The Morgan fingerprint density at radius 3 is 2.10 bits per heavy atom. The molecule has 1 aromatic carbocycles. The third-order valence-corrected chi connectivity index (χ3v) is 16.6. The van der Waals surface area contributed by atoms with E-state index in [9.17, 15) is 34.2 Å². The van der Waals surface area contributed by atoms with Crippen LogP contribution in [0.3, 0.4) is 0 Å². The third-order valence-electron chi connectivity index (χ3n) is 16.6. The number of nitrogens with one attached hydrogen (secondary N) is 1. The van der Waals surface area contributed by atoms with Crippen molar-refractivity contribution in [2.24, 2.45) is 28.6 Å². The van der Waals surface area contributed by atoms with Gasteiger partial charge in [0.05, 0.1) is 41.6 Å². The summed E-state index contributed by atoms with van der Waals surface area (Å²) in [6.07, 6.45) is 10.6. The van der Waals surface area contributed by atoms with Gasteiger partial charge in [0.2, 0.25) is 6.10 Å². The zero-order valence-electron chi connectivity index (χ0n) is 49.0. The molecule has 0 spiro atoms. The minimum atomic E-state index is -2.42. The second kappa shape index (κ2) is 27.0. The maximum atomic E-state index is 16.0. The van der Waals surface area contributed by atoms with E-state index >= 15 is 9.59 Å². The largest absolute Gasteiger partial charge is 0.455 e. The van der Waals surface area contributed by atoms with E-state index in [1.54, 1.807) is 59.7 Å². The summed E-state index contributed by atoms with van der Waals surface area (Å²) >= 11 is 0. The van der Waals surface area contributed by atoms with Crippen LogP contribution in [0.25, 0.3) is 0 Å². The predicted molar refractivity (Wildman–Crippen MR) is 297 cm³/mol. The SMILES string of the molecule is CCC/C=C\C/C=C\C/C=C\CCCCCCC(=O)O[C@@H](C(=O)O[C@H]1C[C@@]2(O)[C@@H](OC(=O)c3ccccc3)C3[C@](C)(C(=O)[C@H](OC(=O)C4CC4)C(=C1C)C2(C)C)[C@@H](O)C[C@H]1OC[C@@]31OC(C)=O)[C@H](CC(C)C)NC(=O)OC(C)(C)C. The summed E-state index contributed by atoms with van der Waals surface area (Å²) in [5, 5.41) is 29.2. The fourth-order valence-electron chi connectivity index (χ4n) is 12.1. The van der Waals surface area contributed by atoms with Gasteiger partial charge in [0.25, 0.3) is 0 Å². The molecular formula is C63H89NO16. The van der Waals surface area contributed by atoms with Gasteiger partial charge in [0.1, 0.15) is 29.5 Å². The first-order valence-corrected chi connectivity index (χ1v) is 29.0. The van der Waals surface area contributed by atoms with Crippen molar-refractivity contribution in [3.63, 3.8) is 0 Å². The van der Waals surface area contributed by atoms with Crippen LogP contribution in [0, 0.1) is 28.6 Å². The molecule has 6 rings (SSSR count). The van der Waals surface area contributed by atoms with Gasteiger partial charge in [-0.25, -0.2) is 14.4 Å². The zero-order chi connectivity index (χ0) is 58.8. The third kappa shape index (κ3) is 14.7. The fourth-order valence-corrected chi connectivity index (χ4v) is 12.1. The predicted octanol–water partition coefficient (Wildman–Crippen LogP) is 10.0. The van der Waals surface area contributed by atoms with E-state index in [4.69, 9.17) is 33.2 Å². The Morgan fingerprint density at radius 1 is 0.875 bits per heavy atom. The molecule has 5 aliphatic rings. The molecule has 17 nitrogen and oxygen atoms in total. The summed E-state index contributed by atoms with van der Waals surface area (Å²) in [5.41, 5.74) is -8.62. The van der Waals surface area contributed by atoms with Crippen LogP contribution < -0.4 is 5.32 Å². The number of alkyl carbamates (subject to hydrolysis) is 1. The molecule has 1 saturated heterocycles. The highest BCUT2D eigenvalue weighted by Gasteiger charge is 2.78. The number of rotatable bonds is 25. The molecule has 0 radical (unpaired) electrons. The van der Waals surface area contributed by atoms with E-state index in [-0.39, 0.29) is 48.5 Å². The topological polar surface area (TPSA) is 237 Å². The number of hydrogen-bond acceptors (Lipinski definition) is 16. The highest BCUT2D eigenvalue weighted by molar-refractivity contribution is 5.96. The van der Waals surface area contributed by atoms with Crippen molar-refractivity contribution in [3.05, 3.63) is 83.5 Å². The zero-order valence-corrected chi connectivity index (χ0v) is 49.0. The van der Waals surface area contributed by atoms with Crippen LogP contribution in [-0.2, 0) is 57.1 Å². The molecule has 4 fully saturated rings. The van der Waals surface area contributed by atoms with Gasteiger partial charge < -0.3 is 48.7 Å². The first-order chi connectivity index (χ1) is 37.7. The van der Waals surface area contributed by atoms with Crippen molar-refractivity contribution >= 4 is 41.7 Å². The number of fused-ring (bicyclic) bond motifs is 5. The average molecular weight is 1120 g/mol. The number of Topliss-reactive ketones (excluding diaryl/α,β-unsaturated/α-hetero) is 1. The highest BCUT2D eigenvalue weighted by atomic mass is 16.6. The molecule has 3 N–H and O–H groups in total. The number of carbonyl (C=O) groups is 7. The number of amides is 1. The summed E-state index contributed by atoms with van der Waals surface area (Å²) in [7, 11) is 0. The maximum absolute atomic E-state index is 16.0. The molecule has 1 unspecified atom stereocenters. The maximum Gasteiger partial charge on any atom is 0.408 e. The summed E-state index contributed by atoms with van der Waals surface area (Å²) in [6, 6.07) is 6.73. The van der Waals surface area contributed by atoms with Gasteiger partial charge in [-0.05, 0) is 122 Å². The number of aliphatic hydroxyl groups excluding tert-OH is 1. The van der Waals surface area contributed by atoms with Gasteiger partial charge in [-0.3, -0.25) is 19.2 Å². The number of ether oxygens (including phenoxy) is 7. The lowest BCUT2D eigenvalue weighted by Gasteiger charge is -2.67. The number of aliphatic hydroxyl groups is 2.